The highest BCUT2D eigenvalue weighted by molar-refractivity contribution is 5.72. The second kappa shape index (κ2) is 8.55. The number of carbonyl (C=O) groups excluding carboxylic acids is 1. The van der Waals surface area contributed by atoms with Gasteiger partial charge in [0.2, 0.25) is 0 Å². The molecule has 0 fully saturated rings. The summed E-state index contributed by atoms with van der Waals surface area (Å²) in [7, 11) is 2.97. The highest BCUT2D eigenvalue weighted by Gasteiger charge is 2.23. The van der Waals surface area contributed by atoms with Crippen LogP contribution in [0.15, 0.2) is 24.3 Å². The maximum Gasteiger partial charge on any atom is 0.311 e. The van der Waals surface area contributed by atoms with Crippen molar-refractivity contribution in [2.45, 2.75) is 26.0 Å². The van der Waals surface area contributed by atoms with Crippen molar-refractivity contribution in [2.24, 2.45) is 5.92 Å². The first kappa shape index (κ1) is 16.5. The number of ether oxygens (including phenoxy) is 2. The molecule has 2 atom stereocenters. The molecule has 0 aliphatic rings. The molecular formula is C15H23NO4. The average Bonchev–Trinajstić information content (AvgIpc) is 2.46. The Bertz CT molecular complexity index is 403. The van der Waals surface area contributed by atoms with Gasteiger partial charge in [0.25, 0.3) is 0 Å². The van der Waals surface area contributed by atoms with Crippen LogP contribution in [-0.4, -0.2) is 37.9 Å². The number of nitrogens with one attached hydrogen (secondary N) is 1. The zero-order valence-electron chi connectivity index (χ0n) is 12.3. The summed E-state index contributed by atoms with van der Waals surface area (Å²) < 4.78 is 9.77. The van der Waals surface area contributed by atoms with Crippen molar-refractivity contribution in [2.75, 3.05) is 20.8 Å². The van der Waals surface area contributed by atoms with Crippen LogP contribution in [0, 0.1) is 5.92 Å². The number of hydrogen-bond acceptors (Lipinski definition) is 5. The molecule has 0 aliphatic heterocycles. The van der Waals surface area contributed by atoms with Crippen molar-refractivity contribution in [1.29, 1.82) is 0 Å². The molecule has 0 saturated heterocycles. The van der Waals surface area contributed by atoms with E-state index in [0.717, 1.165) is 11.3 Å². The first-order valence-electron chi connectivity index (χ1n) is 6.68. The van der Waals surface area contributed by atoms with E-state index < -0.39 is 12.0 Å². The lowest BCUT2D eigenvalue weighted by atomic mass is 10.00. The van der Waals surface area contributed by atoms with Crippen LogP contribution < -0.4 is 10.1 Å². The van der Waals surface area contributed by atoms with E-state index in [4.69, 9.17) is 4.74 Å². The molecule has 0 heterocycles. The quantitative estimate of drug-likeness (QED) is 0.556. The van der Waals surface area contributed by atoms with E-state index >= 15 is 0 Å². The Balaban J connectivity index is 2.34. The second-order valence-corrected chi connectivity index (χ2v) is 4.68. The Hall–Kier alpha value is -1.59. The summed E-state index contributed by atoms with van der Waals surface area (Å²) >= 11 is 0. The molecule has 0 aliphatic carbocycles. The summed E-state index contributed by atoms with van der Waals surface area (Å²) in [6.45, 7) is 2.94. The van der Waals surface area contributed by atoms with E-state index in [1.165, 1.54) is 7.11 Å². The highest BCUT2D eigenvalue weighted by atomic mass is 16.5. The first-order chi connectivity index (χ1) is 9.58. The van der Waals surface area contributed by atoms with Crippen LogP contribution >= 0.6 is 0 Å². The maximum absolute atomic E-state index is 11.5. The molecule has 0 spiro atoms. The van der Waals surface area contributed by atoms with Gasteiger partial charge in [-0.2, -0.15) is 0 Å². The minimum absolute atomic E-state index is 0.369. The van der Waals surface area contributed by atoms with Crippen molar-refractivity contribution >= 4 is 5.97 Å². The minimum atomic E-state index is -0.703. The Morgan fingerprint density at radius 3 is 2.45 bits per heavy atom. The van der Waals surface area contributed by atoms with E-state index in [1.807, 2.05) is 24.3 Å². The van der Waals surface area contributed by atoms with Crippen molar-refractivity contribution in [3.63, 3.8) is 0 Å². The summed E-state index contributed by atoms with van der Waals surface area (Å²) in [6.07, 6.45) is -0.161. The topological polar surface area (TPSA) is 67.8 Å². The van der Waals surface area contributed by atoms with Crippen molar-refractivity contribution in [3.05, 3.63) is 29.8 Å². The van der Waals surface area contributed by atoms with Gasteiger partial charge in [-0.3, -0.25) is 4.79 Å². The summed E-state index contributed by atoms with van der Waals surface area (Å²) in [5, 5.41) is 12.8. The molecule has 0 bridgehead atoms. The predicted molar refractivity (Wildman–Crippen MR) is 76.5 cm³/mol. The fourth-order valence-corrected chi connectivity index (χ4v) is 1.94. The average molecular weight is 281 g/mol. The van der Waals surface area contributed by atoms with Crippen LogP contribution in [0.5, 0.6) is 5.75 Å². The molecule has 0 aromatic heterocycles. The molecule has 1 aromatic rings. The van der Waals surface area contributed by atoms with Crippen LogP contribution in [0.4, 0.5) is 0 Å². The molecule has 0 unspecified atom stereocenters. The fourth-order valence-electron chi connectivity index (χ4n) is 1.94. The highest BCUT2D eigenvalue weighted by Crippen LogP contribution is 2.12. The Labute approximate surface area is 119 Å². The summed E-state index contributed by atoms with van der Waals surface area (Å²) in [6, 6.07) is 7.78. The van der Waals surface area contributed by atoms with Gasteiger partial charge in [-0.1, -0.05) is 12.1 Å². The van der Waals surface area contributed by atoms with Crippen molar-refractivity contribution in [1.82, 2.24) is 5.32 Å². The number of benzene rings is 1. The zero-order chi connectivity index (χ0) is 15.0. The molecule has 5 nitrogen and oxygen atoms in total. The Kier molecular flexibility index (Phi) is 7.04. The van der Waals surface area contributed by atoms with Gasteiger partial charge in [-0.25, -0.2) is 0 Å². The number of aliphatic hydroxyl groups excluding tert-OH is 1. The number of carbonyl (C=O) groups is 1. The van der Waals surface area contributed by atoms with Crippen LogP contribution in [-0.2, 0) is 16.1 Å². The van der Waals surface area contributed by atoms with Gasteiger partial charge in [-0.15, -0.1) is 0 Å². The number of methoxy groups -OCH3 is 2. The van der Waals surface area contributed by atoms with E-state index in [1.54, 1.807) is 14.0 Å². The predicted octanol–water partition coefficient (Wildman–Crippen LogP) is 1.34. The monoisotopic (exact) mass is 281 g/mol. The number of esters is 1. The van der Waals surface area contributed by atoms with E-state index in [-0.39, 0.29) is 5.97 Å². The standard InChI is InChI=1S/C15H23NO4/c1-11(17)14(15(18)20-3)8-9-16-10-12-4-6-13(19-2)7-5-12/h4-7,11,14,16-17H,8-10H2,1-3H3/t11-,14-/m0/s1. The van der Waals surface area contributed by atoms with Crippen LogP contribution in [0.2, 0.25) is 0 Å². The SMILES string of the molecule is COC(=O)[C@@H](CCNCc1ccc(OC)cc1)[C@H](C)O. The van der Waals surface area contributed by atoms with Crippen LogP contribution in [0.1, 0.15) is 18.9 Å². The van der Waals surface area contributed by atoms with Gasteiger partial charge in [0.15, 0.2) is 0 Å². The smallest absolute Gasteiger partial charge is 0.311 e. The molecule has 5 heteroatoms. The van der Waals surface area contributed by atoms with Gasteiger partial charge < -0.3 is 19.9 Å². The van der Waals surface area contributed by atoms with E-state index in [9.17, 15) is 9.90 Å². The van der Waals surface area contributed by atoms with E-state index in [0.29, 0.717) is 19.5 Å². The number of hydrogen-bond donors (Lipinski definition) is 2. The zero-order valence-corrected chi connectivity index (χ0v) is 12.3. The molecule has 20 heavy (non-hydrogen) atoms. The molecule has 0 radical (unpaired) electrons. The Morgan fingerprint density at radius 1 is 1.30 bits per heavy atom. The lowest BCUT2D eigenvalue weighted by Crippen LogP contribution is -2.30. The van der Waals surface area contributed by atoms with Crippen molar-refractivity contribution < 1.29 is 19.4 Å². The third-order valence-electron chi connectivity index (χ3n) is 3.21. The van der Waals surface area contributed by atoms with E-state index in [2.05, 4.69) is 10.1 Å². The molecule has 1 aromatic carbocycles. The summed E-state index contributed by atoms with van der Waals surface area (Å²) in [4.78, 5) is 11.5. The molecule has 112 valence electrons. The normalized spacial score (nSPS) is 13.6. The van der Waals surface area contributed by atoms with Gasteiger partial charge in [-0.05, 0) is 37.6 Å². The second-order valence-electron chi connectivity index (χ2n) is 4.68. The Morgan fingerprint density at radius 2 is 1.95 bits per heavy atom. The molecule has 0 saturated carbocycles. The largest absolute Gasteiger partial charge is 0.497 e. The van der Waals surface area contributed by atoms with Gasteiger partial charge in [0.1, 0.15) is 5.75 Å². The summed E-state index contributed by atoms with van der Waals surface area (Å²) in [5.41, 5.74) is 1.14. The third-order valence-corrected chi connectivity index (χ3v) is 3.21. The first-order valence-corrected chi connectivity index (χ1v) is 6.68. The molecule has 2 N–H and O–H groups in total. The number of rotatable bonds is 8. The van der Waals surface area contributed by atoms with Crippen molar-refractivity contribution in [3.8, 4) is 5.75 Å². The third kappa shape index (κ3) is 5.19. The van der Waals surface area contributed by atoms with Crippen LogP contribution in [0.3, 0.4) is 0 Å². The lowest BCUT2D eigenvalue weighted by Gasteiger charge is -2.17. The molecular weight excluding hydrogens is 258 g/mol. The summed E-state index contributed by atoms with van der Waals surface area (Å²) in [5.74, 6) is -0.0248. The van der Waals surface area contributed by atoms with Gasteiger partial charge in [0.05, 0.1) is 26.2 Å². The molecule has 0 amide bonds. The number of aliphatic hydroxyl groups is 1. The van der Waals surface area contributed by atoms with Gasteiger partial charge >= 0.3 is 5.97 Å². The molecule has 1 rings (SSSR count). The maximum atomic E-state index is 11.5. The minimum Gasteiger partial charge on any atom is -0.497 e. The van der Waals surface area contributed by atoms with Crippen LogP contribution in [0.25, 0.3) is 0 Å². The van der Waals surface area contributed by atoms with Gasteiger partial charge in [0, 0.05) is 6.54 Å². The lowest BCUT2D eigenvalue weighted by molar-refractivity contribution is -0.149. The fraction of sp³-hybridized carbons (Fsp3) is 0.533.